The van der Waals surface area contributed by atoms with E-state index in [0.29, 0.717) is 19.5 Å². The van der Waals surface area contributed by atoms with Gasteiger partial charge in [0.2, 0.25) is 0 Å². The first kappa shape index (κ1) is 16.3. The third-order valence-corrected chi connectivity index (χ3v) is 3.81. The Labute approximate surface area is 138 Å². The molecule has 1 amide bonds. The van der Waals surface area contributed by atoms with Crippen molar-refractivity contribution >= 4 is 35.0 Å². The van der Waals surface area contributed by atoms with E-state index in [1.54, 1.807) is 11.1 Å². The van der Waals surface area contributed by atoms with E-state index < -0.39 is 5.60 Å². The number of aromatic nitrogens is 2. The predicted molar refractivity (Wildman–Crippen MR) is 86.0 cm³/mol. The van der Waals surface area contributed by atoms with Crippen LogP contribution >= 0.6 is 22.6 Å². The van der Waals surface area contributed by atoms with Gasteiger partial charge in [-0.15, -0.1) is 0 Å². The van der Waals surface area contributed by atoms with Crippen LogP contribution in [0.15, 0.2) is 12.4 Å². The summed E-state index contributed by atoms with van der Waals surface area (Å²) in [5.41, 5.74) is -0.540. The number of carbonyl (C=O) groups excluding carboxylic acids is 2. The quantitative estimate of drug-likeness (QED) is 0.560. The Morgan fingerprint density at radius 3 is 2.71 bits per heavy atom. The number of likely N-dealkylation sites (tertiary alicyclic amines) is 1. The first-order valence-electron chi connectivity index (χ1n) is 6.91. The zero-order valence-corrected chi connectivity index (χ0v) is 14.6. The molecule has 0 aliphatic carbocycles. The van der Waals surface area contributed by atoms with E-state index in [4.69, 9.17) is 4.74 Å². The van der Waals surface area contributed by atoms with Crippen LogP contribution in [0.5, 0.6) is 0 Å². The van der Waals surface area contributed by atoms with Gasteiger partial charge in [0.05, 0.1) is 15.8 Å². The van der Waals surface area contributed by atoms with Crippen LogP contribution in [-0.2, 0) is 9.53 Å². The first-order chi connectivity index (χ1) is 9.78. The lowest BCUT2D eigenvalue weighted by Crippen LogP contribution is -2.47. The Hall–Kier alpha value is -1.12. The molecule has 1 fully saturated rings. The largest absolute Gasteiger partial charge is 0.444 e. The number of piperidine rings is 1. The van der Waals surface area contributed by atoms with Crippen LogP contribution in [0, 0.1) is 9.49 Å². The van der Waals surface area contributed by atoms with Crippen LogP contribution in [0.3, 0.4) is 0 Å². The molecule has 1 aromatic rings. The van der Waals surface area contributed by atoms with Crippen LogP contribution in [0.1, 0.15) is 33.2 Å². The summed E-state index contributed by atoms with van der Waals surface area (Å²) in [5.74, 6) is -0.182. The van der Waals surface area contributed by atoms with Crippen molar-refractivity contribution in [3.05, 3.63) is 16.0 Å². The first-order valence-corrected chi connectivity index (χ1v) is 7.99. The molecule has 0 radical (unpaired) electrons. The molecule has 1 aromatic heterocycles. The molecule has 2 rings (SSSR count). The fraction of sp³-hybridized carbons (Fsp3) is 0.643. The van der Waals surface area contributed by atoms with Crippen LogP contribution in [0.2, 0.25) is 0 Å². The van der Waals surface area contributed by atoms with Crippen molar-refractivity contribution in [2.24, 2.45) is 5.92 Å². The summed E-state index contributed by atoms with van der Waals surface area (Å²) in [5, 5.41) is 4.29. The molecule has 116 valence electrons. The maximum absolute atomic E-state index is 12.2. The standard InChI is InChI=1S/C14H20IN3O3/c1-14(2,3)21-13(20)17-6-10(9-19)4-12(8-17)18-7-11(15)5-16-18/h5,7,9-10,12H,4,6,8H2,1-3H3. The van der Waals surface area contributed by atoms with Crippen molar-refractivity contribution in [1.82, 2.24) is 14.7 Å². The van der Waals surface area contributed by atoms with Gasteiger partial charge in [0.25, 0.3) is 0 Å². The maximum Gasteiger partial charge on any atom is 0.410 e. The lowest BCUT2D eigenvalue weighted by Gasteiger charge is -2.36. The van der Waals surface area contributed by atoms with Crippen molar-refractivity contribution < 1.29 is 14.3 Å². The van der Waals surface area contributed by atoms with E-state index in [1.807, 2.05) is 31.6 Å². The summed E-state index contributed by atoms with van der Waals surface area (Å²) in [7, 11) is 0. The van der Waals surface area contributed by atoms with Gasteiger partial charge in [0, 0.05) is 25.2 Å². The van der Waals surface area contributed by atoms with Crippen LogP contribution in [0.4, 0.5) is 4.79 Å². The number of hydrogen-bond donors (Lipinski definition) is 0. The molecule has 0 N–H and O–H groups in total. The van der Waals surface area contributed by atoms with Crippen LogP contribution in [-0.4, -0.2) is 45.8 Å². The molecule has 7 heteroatoms. The molecule has 1 aliphatic heterocycles. The molecule has 2 unspecified atom stereocenters. The van der Waals surface area contributed by atoms with Gasteiger partial charge < -0.3 is 14.4 Å². The molecular weight excluding hydrogens is 385 g/mol. The second-order valence-corrected chi connectivity index (χ2v) is 7.56. The summed E-state index contributed by atoms with van der Waals surface area (Å²) in [6, 6.07) is 0.00462. The fourth-order valence-electron chi connectivity index (χ4n) is 2.39. The Morgan fingerprint density at radius 2 is 2.19 bits per heavy atom. The van der Waals surface area contributed by atoms with E-state index in [2.05, 4.69) is 27.7 Å². The number of nitrogens with zero attached hydrogens (tertiary/aromatic N) is 3. The Bertz CT molecular complexity index is 524. The SMILES string of the molecule is CC(C)(C)OC(=O)N1CC(C=O)CC(n2cc(I)cn2)C1. The van der Waals surface area contributed by atoms with Gasteiger partial charge in [0.15, 0.2) is 0 Å². The minimum Gasteiger partial charge on any atom is -0.444 e. The minimum atomic E-state index is -0.540. The summed E-state index contributed by atoms with van der Waals surface area (Å²) < 4.78 is 8.26. The number of amides is 1. The molecule has 2 heterocycles. The van der Waals surface area contributed by atoms with Crippen LogP contribution < -0.4 is 0 Å². The van der Waals surface area contributed by atoms with Crippen molar-refractivity contribution in [3.8, 4) is 0 Å². The molecular formula is C14H20IN3O3. The normalized spacial score (nSPS) is 23.0. The monoisotopic (exact) mass is 405 g/mol. The second-order valence-electron chi connectivity index (χ2n) is 6.31. The van der Waals surface area contributed by atoms with Crippen molar-refractivity contribution in [3.63, 3.8) is 0 Å². The smallest absolute Gasteiger partial charge is 0.410 e. The highest BCUT2D eigenvalue weighted by Crippen LogP contribution is 2.26. The Kier molecular flexibility index (Phi) is 4.90. The van der Waals surface area contributed by atoms with E-state index in [9.17, 15) is 9.59 Å². The lowest BCUT2D eigenvalue weighted by atomic mass is 9.96. The average molecular weight is 405 g/mol. The van der Waals surface area contributed by atoms with Crippen molar-refractivity contribution in [2.45, 2.75) is 38.8 Å². The van der Waals surface area contributed by atoms with E-state index in [1.165, 1.54) is 0 Å². The topological polar surface area (TPSA) is 64.4 Å². The maximum atomic E-state index is 12.2. The van der Waals surface area contributed by atoms with Crippen LogP contribution in [0.25, 0.3) is 0 Å². The summed E-state index contributed by atoms with van der Waals surface area (Å²) in [6.07, 6.45) is 4.92. The van der Waals surface area contributed by atoms with Gasteiger partial charge >= 0.3 is 6.09 Å². The predicted octanol–water partition coefficient (Wildman–Crippen LogP) is 2.48. The molecule has 1 saturated heterocycles. The zero-order chi connectivity index (χ0) is 15.6. The highest BCUT2D eigenvalue weighted by Gasteiger charge is 2.33. The lowest BCUT2D eigenvalue weighted by molar-refractivity contribution is -0.113. The molecule has 6 nitrogen and oxygen atoms in total. The Morgan fingerprint density at radius 1 is 1.48 bits per heavy atom. The van der Waals surface area contributed by atoms with Gasteiger partial charge in [-0.3, -0.25) is 4.68 Å². The van der Waals surface area contributed by atoms with E-state index >= 15 is 0 Å². The summed E-state index contributed by atoms with van der Waals surface area (Å²) >= 11 is 2.19. The average Bonchev–Trinajstić information content (AvgIpc) is 2.83. The van der Waals surface area contributed by atoms with Crippen molar-refractivity contribution in [2.75, 3.05) is 13.1 Å². The molecule has 2 atom stereocenters. The molecule has 0 bridgehead atoms. The summed E-state index contributed by atoms with van der Waals surface area (Å²) in [4.78, 5) is 25.0. The third-order valence-electron chi connectivity index (χ3n) is 3.25. The number of halogens is 1. The highest BCUT2D eigenvalue weighted by molar-refractivity contribution is 14.1. The molecule has 21 heavy (non-hydrogen) atoms. The number of hydrogen-bond acceptors (Lipinski definition) is 4. The number of carbonyl (C=O) groups is 2. The number of rotatable bonds is 2. The Balaban J connectivity index is 2.12. The molecule has 0 saturated carbocycles. The number of aldehydes is 1. The van der Waals surface area contributed by atoms with Gasteiger partial charge in [-0.2, -0.15) is 5.10 Å². The van der Waals surface area contributed by atoms with Gasteiger partial charge in [-0.05, 0) is 49.8 Å². The zero-order valence-electron chi connectivity index (χ0n) is 12.5. The molecule has 0 aromatic carbocycles. The minimum absolute atomic E-state index is 0.00462. The fourth-order valence-corrected chi connectivity index (χ4v) is 2.80. The van der Waals surface area contributed by atoms with E-state index in [0.717, 1.165) is 9.86 Å². The van der Waals surface area contributed by atoms with Gasteiger partial charge in [0.1, 0.15) is 11.9 Å². The van der Waals surface area contributed by atoms with E-state index in [-0.39, 0.29) is 18.1 Å². The second kappa shape index (κ2) is 6.33. The molecule has 0 spiro atoms. The van der Waals surface area contributed by atoms with Gasteiger partial charge in [-0.25, -0.2) is 4.79 Å². The highest BCUT2D eigenvalue weighted by atomic mass is 127. The third kappa shape index (κ3) is 4.42. The molecule has 1 aliphatic rings. The summed E-state index contributed by atoms with van der Waals surface area (Å²) in [6.45, 7) is 6.42. The number of ether oxygens (including phenoxy) is 1. The van der Waals surface area contributed by atoms with Crippen molar-refractivity contribution in [1.29, 1.82) is 0 Å². The van der Waals surface area contributed by atoms with Gasteiger partial charge in [-0.1, -0.05) is 0 Å².